The Bertz CT molecular complexity index is 868. The molecule has 0 saturated heterocycles. The second-order valence-electron chi connectivity index (χ2n) is 5.07. The number of aromatic nitrogens is 2. The van der Waals surface area contributed by atoms with E-state index in [1.165, 1.54) is 12.1 Å². The number of rotatable bonds is 4. The van der Waals surface area contributed by atoms with E-state index in [2.05, 4.69) is 15.3 Å². The van der Waals surface area contributed by atoms with E-state index in [1.54, 1.807) is 12.1 Å². The van der Waals surface area contributed by atoms with E-state index in [0.29, 0.717) is 5.82 Å². The zero-order chi connectivity index (χ0) is 16.4. The number of nitrogens with zero attached hydrogens (tertiary/aromatic N) is 3. The number of non-ortho nitro benzene ring substituents is 1. The van der Waals surface area contributed by atoms with Crippen molar-refractivity contribution in [2.75, 3.05) is 5.32 Å². The molecule has 0 spiro atoms. The summed E-state index contributed by atoms with van der Waals surface area (Å²) in [5.41, 5.74) is 1.73. The highest BCUT2D eigenvalue weighted by Crippen LogP contribution is 2.26. The van der Waals surface area contributed by atoms with Gasteiger partial charge in [-0.15, -0.1) is 0 Å². The maximum Gasteiger partial charge on any atom is 0.269 e. The first-order valence-corrected chi connectivity index (χ1v) is 7.35. The Hall–Kier alpha value is -2.73. The number of nitrogens with one attached hydrogen (secondary N) is 1. The monoisotopic (exact) mass is 328 g/mol. The topological polar surface area (TPSA) is 81.0 Å². The molecule has 0 radical (unpaired) electrons. The molecule has 0 amide bonds. The molecule has 1 aromatic heterocycles. The molecule has 0 saturated carbocycles. The van der Waals surface area contributed by atoms with Crippen LogP contribution in [-0.2, 0) is 0 Å². The second-order valence-corrected chi connectivity index (χ2v) is 5.41. The predicted octanol–water partition coefficient (Wildman–Crippen LogP) is 4.36. The first-order valence-electron chi connectivity index (χ1n) is 6.98. The fourth-order valence-corrected chi connectivity index (χ4v) is 2.51. The molecule has 6 nitrogen and oxygen atoms in total. The van der Waals surface area contributed by atoms with Crippen molar-refractivity contribution in [2.24, 2.45) is 0 Å². The van der Waals surface area contributed by atoms with Crippen LogP contribution >= 0.6 is 11.6 Å². The number of fused-ring (bicyclic) bond motifs is 1. The number of nitro benzene ring substituents is 1. The van der Waals surface area contributed by atoms with Gasteiger partial charge in [0.25, 0.3) is 5.69 Å². The Kier molecular flexibility index (Phi) is 4.08. The lowest BCUT2D eigenvalue weighted by Crippen LogP contribution is -2.09. The van der Waals surface area contributed by atoms with E-state index in [9.17, 15) is 10.1 Å². The van der Waals surface area contributed by atoms with E-state index in [0.717, 1.165) is 16.5 Å². The van der Waals surface area contributed by atoms with Crippen LogP contribution < -0.4 is 5.32 Å². The quantitative estimate of drug-likeness (QED) is 0.437. The number of nitro groups is 1. The molecule has 2 aromatic carbocycles. The van der Waals surface area contributed by atoms with Crippen LogP contribution in [-0.4, -0.2) is 14.9 Å². The van der Waals surface area contributed by atoms with E-state index < -0.39 is 4.92 Å². The van der Waals surface area contributed by atoms with Crippen LogP contribution in [0.4, 0.5) is 11.5 Å². The van der Waals surface area contributed by atoms with Gasteiger partial charge >= 0.3 is 0 Å². The zero-order valence-corrected chi connectivity index (χ0v) is 13.0. The third kappa shape index (κ3) is 3.22. The maximum absolute atomic E-state index is 10.7. The Morgan fingerprint density at radius 1 is 1.13 bits per heavy atom. The van der Waals surface area contributed by atoms with Crippen molar-refractivity contribution in [1.82, 2.24) is 9.97 Å². The average Bonchev–Trinajstić information content (AvgIpc) is 2.54. The highest BCUT2D eigenvalue weighted by Gasteiger charge is 2.12. The van der Waals surface area contributed by atoms with Gasteiger partial charge < -0.3 is 5.32 Å². The molecule has 0 aliphatic rings. The van der Waals surface area contributed by atoms with Crippen molar-refractivity contribution in [3.05, 3.63) is 69.5 Å². The SMILES string of the molecule is CC(Nc1nc(Cl)nc2ccccc12)c1ccc([N+](=O)[O-])cc1. The minimum absolute atomic E-state index is 0.0662. The van der Waals surface area contributed by atoms with Crippen LogP contribution in [0.1, 0.15) is 18.5 Å². The van der Waals surface area contributed by atoms with Crippen LogP contribution in [0.25, 0.3) is 10.9 Å². The summed E-state index contributed by atoms with van der Waals surface area (Å²) in [6.45, 7) is 1.95. The van der Waals surface area contributed by atoms with Gasteiger partial charge in [0.2, 0.25) is 5.28 Å². The van der Waals surface area contributed by atoms with Gasteiger partial charge in [0.15, 0.2) is 0 Å². The van der Waals surface area contributed by atoms with E-state index in [1.807, 2.05) is 31.2 Å². The van der Waals surface area contributed by atoms with Crippen LogP contribution in [0, 0.1) is 10.1 Å². The Morgan fingerprint density at radius 3 is 2.52 bits per heavy atom. The van der Waals surface area contributed by atoms with E-state index in [4.69, 9.17) is 11.6 Å². The van der Waals surface area contributed by atoms with Gasteiger partial charge in [0, 0.05) is 23.6 Å². The second kappa shape index (κ2) is 6.18. The average molecular weight is 329 g/mol. The number of anilines is 1. The van der Waals surface area contributed by atoms with Gasteiger partial charge in [-0.3, -0.25) is 10.1 Å². The van der Waals surface area contributed by atoms with Gasteiger partial charge in [0.1, 0.15) is 5.82 Å². The largest absolute Gasteiger partial charge is 0.363 e. The van der Waals surface area contributed by atoms with Gasteiger partial charge in [-0.2, -0.15) is 0 Å². The molecule has 116 valence electrons. The zero-order valence-electron chi connectivity index (χ0n) is 12.2. The lowest BCUT2D eigenvalue weighted by atomic mass is 10.1. The minimum atomic E-state index is -0.417. The molecule has 1 unspecified atom stereocenters. The summed E-state index contributed by atoms with van der Waals surface area (Å²) in [6, 6.07) is 13.9. The van der Waals surface area contributed by atoms with Gasteiger partial charge in [-0.25, -0.2) is 9.97 Å². The van der Waals surface area contributed by atoms with Crippen LogP contribution in [0.15, 0.2) is 48.5 Å². The molecular weight excluding hydrogens is 316 g/mol. The molecular formula is C16H13ClN4O2. The van der Waals surface area contributed by atoms with Crippen molar-refractivity contribution in [1.29, 1.82) is 0 Å². The number of hydrogen-bond acceptors (Lipinski definition) is 5. The smallest absolute Gasteiger partial charge is 0.269 e. The van der Waals surface area contributed by atoms with E-state index >= 15 is 0 Å². The lowest BCUT2D eigenvalue weighted by molar-refractivity contribution is -0.384. The molecule has 1 N–H and O–H groups in total. The highest BCUT2D eigenvalue weighted by atomic mass is 35.5. The lowest BCUT2D eigenvalue weighted by Gasteiger charge is -2.16. The van der Waals surface area contributed by atoms with Gasteiger partial charge in [-0.05, 0) is 36.2 Å². The standard InChI is InChI=1S/C16H13ClN4O2/c1-10(11-6-8-12(9-7-11)21(22)23)18-15-13-4-2-3-5-14(13)19-16(17)20-15/h2-10H,1H3,(H,18,19,20). The summed E-state index contributed by atoms with van der Waals surface area (Å²) in [6.07, 6.45) is 0. The summed E-state index contributed by atoms with van der Waals surface area (Å²) in [7, 11) is 0. The summed E-state index contributed by atoms with van der Waals surface area (Å²) in [5.74, 6) is 0.631. The van der Waals surface area contributed by atoms with Gasteiger partial charge in [-0.1, -0.05) is 24.3 Å². The Balaban J connectivity index is 1.90. The highest BCUT2D eigenvalue weighted by molar-refractivity contribution is 6.28. The number of halogens is 1. The fourth-order valence-electron chi connectivity index (χ4n) is 2.33. The van der Waals surface area contributed by atoms with Crippen molar-refractivity contribution in [3.63, 3.8) is 0 Å². The van der Waals surface area contributed by atoms with Crippen molar-refractivity contribution in [2.45, 2.75) is 13.0 Å². The first-order chi connectivity index (χ1) is 11.0. The van der Waals surface area contributed by atoms with E-state index in [-0.39, 0.29) is 17.0 Å². The maximum atomic E-state index is 10.7. The Morgan fingerprint density at radius 2 is 1.83 bits per heavy atom. The molecule has 23 heavy (non-hydrogen) atoms. The first kappa shape index (κ1) is 15.2. The molecule has 7 heteroatoms. The summed E-state index contributed by atoms with van der Waals surface area (Å²) in [4.78, 5) is 18.7. The molecule has 1 atom stereocenters. The summed E-state index contributed by atoms with van der Waals surface area (Å²) in [5, 5.41) is 15.0. The molecule has 0 aliphatic carbocycles. The van der Waals surface area contributed by atoms with Gasteiger partial charge in [0.05, 0.1) is 10.4 Å². The van der Waals surface area contributed by atoms with Crippen LogP contribution in [0.5, 0.6) is 0 Å². The van der Waals surface area contributed by atoms with Crippen molar-refractivity contribution >= 4 is 34.0 Å². The number of benzene rings is 2. The van der Waals surface area contributed by atoms with Crippen LogP contribution in [0.2, 0.25) is 5.28 Å². The molecule has 3 rings (SSSR count). The Labute approximate surface area is 137 Å². The fraction of sp³-hybridized carbons (Fsp3) is 0.125. The summed E-state index contributed by atoms with van der Waals surface area (Å²) >= 11 is 5.97. The summed E-state index contributed by atoms with van der Waals surface area (Å²) < 4.78 is 0. The molecule has 1 heterocycles. The van der Waals surface area contributed by atoms with Crippen molar-refractivity contribution < 1.29 is 4.92 Å². The normalized spacial score (nSPS) is 12.1. The molecule has 0 bridgehead atoms. The third-order valence-corrected chi connectivity index (χ3v) is 3.70. The number of para-hydroxylation sites is 1. The molecule has 3 aromatic rings. The molecule has 0 aliphatic heterocycles. The van der Waals surface area contributed by atoms with Crippen molar-refractivity contribution in [3.8, 4) is 0 Å². The predicted molar refractivity (Wildman–Crippen MR) is 89.7 cm³/mol. The third-order valence-electron chi connectivity index (χ3n) is 3.53. The molecule has 0 fully saturated rings. The van der Waals surface area contributed by atoms with Crippen LogP contribution in [0.3, 0.4) is 0 Å². The number of hydrogen-bond donors (Lipinski definition) is 1. The minimum Gasteiger partial charge on any atom is -0.363 e.